The van der Waals surface area contributed by atoms with Gasteiger partial charge in [-0.2, -0.15) is 26.3 Å². The van der Waals surface area contributed by atoms with Crippen molar-refractivity contribution in [1.29, 1.82) is 0 Å². The van der Waals surface area contributed by atoms with Gasteiger partial charge in [-0.3, -0.25) is 4.79 Å². The zero-order valence-electron chi connectivity index (χ0n) is 22.8. The largest absolute Gasteiger partial charge is 0.430 e. The van der Waals surface area contributed by atoms with E-state index in [1.165, 1.54) is 24.4 Å². The molecule has 0 saturated carbocycles. The van der Waals surface area contributed by atoms with E-state index in [4.69, 9.17) is 4.43 Å². The molecular formula is C26H30F6N2O5SSi. The average Bonchev–Trinajstić information content (AvgIpc) is 3.25. The summed E-state index contributed by atoms with van der Waals surface area (Å²) in [6.45, 7) is 10.2. The molecular weight excluding hydrogens is 594 g/mol. The maximum atomic E-state index is 13.1. The van der Waals surface area contributed by atoms with Crippen LogP contribution < -0.4 is 5.32 Å². The van der Waals surface area contributed by atoms with Gasteiger partial charge in [0.05, 0.1) is 10.6 Å². The van der Waals surface area contributed by atoms with Gasteiger partial charge in [0.15, 0.2) is 18.2 Å². The number of carbonyl (C=O) groups excluding carboxylic acids is 1. The number of aromatic nitrogens is 1. The van der Waals surface area contributed by atoms with Crippen LogP contribution in [0.3, 0.4) is 0 Å². The van der Waals surface area contributed by atoms with Gasteiger partial charge in [0.1, 0.15) is 5.69 Å². The number of aromatic amines is 1. The van der Waals surface area contributed by atoms with E-state index in [1.54, 1.807) is 0 Å². The SMILES string of the molecule is CC(C)(C)[Si](C)(C)OCCS(=O)(=O)c1ccc2c(C(=O)Nc3ccc(C(O)(C(F)(F)F)C(F)(F)F)cc3)[nH]cc2c1. The molecule has 2 aromatic carbocycles. The minimum Gasteiger partial charge on any atom is -0.416 e. The van der Waals surface area contributed by atoms with E-state index >= 15 is 0 Å². The fourth-order valence-electron chi connectivity index (χ4n) is 3.71. The number of anilines is 1. The molecule has 0 spiro atoms. The predicted octanol–water partition coefficient (Wildman–Crippen LogP) is 6.53. The number of fused-ring (bicyclic) bond motifs is 1. The standard InChI is InChI=1S/C26H30F6N2O5SSi/c1-23(2,3)41(4,5)39-12-13-40(37,38)19-10-11-20-16(14-19)15-33-21(20)22(35)34-18-8-6-17(7-9-18)24(36,25(27,28)29)26(30,31)32/h6-11,14-15,33,36H,12-13H2,1-5H3,(H,34,35). The van der Waals surface area contributed by atoms with Crippen LogP contribution in [0.4, 0.5) is 32.0 Å². The van der Waals surface area contributed by atoms with Gasteiger partial charge in [-0.1, -0.05) is 39.0 Å². The highest BCUT2D eigenvalue weighted by atomic mass is 32.2. The van der Waals surface area contributed by atoms with Crippen LogP contribution in [0.2, 0.25) is 18.1 Å². The van der Waals surface area contributed by atoms with Crippen LogP contribution in [0.1, 0.15) is 36.8 Å². The first-order valence-electron chi connectivity index (χ1n) is 12.3. The number of sulfone groups is 1. The highest BCUT2D eigenvalue weighted by molar-refractivity contribution is 7.91. The van der Waals surface area contributed by atoms with Gasteiger partial charge in [-0.05, 0) is 42.4 Å². The Morgan fingerprint density at radius 2 is 1.54 bits per heavy atom. The van der Waals surface area contributed by atoms with Crippen LogP contribution >= 0.6 is 0 Å². The molecule has 0 aliphatic rings. The van der Waals surface area contributed by atoms with E-state index in [1.807, 2.05) is 33.9 Å². The Labute approximate surface area is 234 Å². The first-order chi connectivity index (χ1) is 18.5. The molecule has 226 valence electrons. The van der Waals surface area contributed by atoms with Crippen LogP contribution in [0.5, 0.6) is 0 Å². The van der Waals surface area contributed by atoms with Crippen molar-refractivity contribution in [3.63, 3.8) is 0 Å². The molecule has 0 atom stereocenters. The van der Waals surface area contributed by atoms with Crippen molar-refractivity contribution in [2.24, 2.45) is 0 Å². The number of rotatable bonds is 8. The molecule has 0 aliphatic carbocycles. The molecule has 3 rings (SSSR count). The topological polar surface area (TPSA) is 108 Å². The van der Waals surface area contributed by atoms with Crippen LogP contribution in [0.15, 0.2) is 53.6 Å². The predicted molar refractivity (Wildman–Crippen MR) is 144 cm³/mol. The fourth-order valence-corrected chi connectivity index (χ4v) is 6.03. The molecule has 0 unspecified atom stereocenters. The summed E-state index contributed by atoms with van der Waals surface area (Å²) in [7, 11) is -5.86. The van der Waals surface area contributed by atoms with E-state index in [9.17, 15) is 44.7 Å². The maximum Gasteiger partial charge on any atom is 0.430 e. The Hall–Kier alpha value is -2.88. The zero-order valence-corrected chi connectivity index (χ0v) is 24.6. The molecule has 0 radical (unpaired) electrons. The monoisotopic (exact) mass is 624 g/mol. The lowest BCUT2D eigenvalue weighted by Crippen LogP contribution is -2.53. The lowest BCUT2D eigenvalue weighted by molar-refractivity contribution is -0.376. The second-order valence-corrected chi connectivity index (χ2v) is 18.0. The summed E-state index contributed by atoms with van der Waals surface area (Å²) >= 11 is 0. The van der Waals surface area contributed by atoms with Crippen molar-refractivity contribution in [2.75, 3.05) is 17.7 Å². The number of H-pyrrole nitrogens is 1. The summed E-state index contributed by atoms with van der Waals surface area (Å²) in [4.78, 5) is 15.5. The lowest BCUT2D eigenvalue weighted by atomic mass is 9.92. The highest BCUT2D eigenvalue weighted by Crippen LogP contribution is 2.50. The smallest absolute Gasteiger partial charge is 0.416 e. The summed E-state index contributed by atoms with van der Waals surface area (Å²) in [6.07, 6.45) is -10.7. The van der Waals surface area contributed by atoms with Crippen LogP contribution in [-0.4, -0.2) is 57.4 Å². The third-order valence-electron chi connectivity index (χ3n) is 7.25. The van der Waals surface area contributed by atoms with Crippen molar-refractivity contribution in [3.05, 3.63) is 59.9 Å². The van der Waals surface area contributed by atoms with E-state index in [-0.39, 0.29) is 33.7 Å². The van der Waals surface area contributed by atoms with Gasteiger partial charge >= 0.3 is 12.4 Å². The Morgan fingerprint density at radius 1 is 0.976 bits per heavy atom. The van der Waals surface area contributed by atoms with Gasteiger partial charge in [-0.25, -0.2) is 8.42 Å². The van der Waals surface area contributed by atoms with Gasteiger partial charge in [0.2, 0.25) is 0 Å². The van der Waals surface area contributed by atoms with Gasteiger partial charge in [-0.15, -0.1) is 0 Å². The Kier molecular flexibility index (Phi) is 8.55. The Bertz CT molecular complexity index is 1510. The third-order valence-corrected chi connectivity index (χ3v) is 13.5. The number of benzene rings is 2. The molecule has 41 heavy (non-hydrogen) atoms. The summed E-state index contributed by atoms with van der Waals surface area (Å²) < 4.78 is 110. The Morgan fingerprint density at radius 3 is 2.05 bits per heavy atom. The van der Waals surface area contributed by atoms with Crippen molar-refractivity contribution in [1.82, 2.24) is 4.98 Å². The number of amides is 1. The first-order valence-corrected chi connectivity index (χ1v) is 16.8. The first kappa shape index (κ1) is 32.6. The third kappa shape index (κ3) is 6.47. The number of hydrogen-bond acceptors (Lipinski definition) is 5. The van der Waals surface area contributed by atoms with Gasteiger partial charge in [0, 0.05) is 34.8 Å². The number of carbonyl (C=O) groups is 1. The number of halogens is 6. The second kappa shape index (κ2) is 10.7. The number of hydrogen-bond donors (Lipinski definition) is 3. The zero-order chi connectivity index (χ0) is 31.2. The minimum atomic E-state index is -6.04. The summed E-state index contributed by atoms with van der Waals surface area (Å²) in [5.74, 6) is -1.02. The number of alkyl halides is 6. The summed E-state index contributed by atoms with van der Waals surface area (Å²) in [5.41, 5.74) is -6.72. The lowest BCUT2D eigenvalue weighted by Gasteiger charge is -2.36. The van der Waals surface area contributed by atoms with Crippen molar-refractivity contribution < 1.29 is 49.1 Å². The molecule has 0 aliphatic heterocycles. The Balaban J connectivity index is 1.77. The molecule has 15 heteroatoms. The number of nitrogens with one attached hydrogen (secondary N) is 2. The van der Waals surface area contributed by atoms with Gasteiger partial charge < -0.3 is 19.8 Å². The molecule has 3 aromatic rings. The summed E-state index contributed by atoms with van der Waals surface area (Å²) in [5, 5.41) is 12.5. The van der Waals surface area contributed by atoms with Crippen molar-refractivity contribution >= 4 is 40.5 Å². The molecule has 0 fully saturated rings. The van der Waals surface area contributed by atoms with Crippen LogP contribution in [0, 0.1) is 0 Å². The van der Waals surface area contributed by atoms with Crippen LogP contribution in [-0.2, 0) is 19.9 Å². The normalized spacial score (nSPS) is 14.0. The van der Waals surface area contributed by atoms with Crippen molar-refractivity contribution in [3.8, 4) is 0 Å². The molecule has 0 saturated heterocycles. The molecule has 0 bridgehead atoms. The summed E-state index contributed by atoms with van der Waals surface area (Å²) in [6, 6.07) is 6.53. The number of aliphatic hydroxyl groups is 1. The second-order valence-electron chi connectivity index (χ2n) is 11.1. The van der Waals surface area contributed by atoms with Crippen LogP contribution in [0.25, 0.3) is 10.8 Å². The van der Waals surface area contributed by atoms with E-state index in [0.717, 1.165) is 12.1 Å². The quantitative estimate of drug-likeness (QED) is 0.195. The maximum absolute atomic E-state index is 13.1. The fraction of sp³-hybridized carbons (Fsp3) is 0.423. The van der Waals surface area contributed by atoms with Gasteiger partial charge in [0.25, 0.3) is 11.5 Å². The van der Waals surface area contributed by atoms with E-state index in [2.05, 4.69) is 10.3 Å². The molecule has 1 heterocycles. The minimum absolute atomic E-state index is 0.0172. The molecule has 1 amide bonds. The van der Waals surface area contributed by atoms with E-state index < -0.39 is 47.6 Å². The average molecular weight is 625 g/mol. The van der Waals surface area contributed by atoms with Crippen molar-refractivity contribution in [2.45, 2.75) is 61.8 Å². The molecule has 1 aromatic heterocycles. The highest BCUT2D eigenvalue weighted by Gasteiger charge is 2.71. The van der Waals surface area contributed by atoms with E-state index in [0.29, 0.717) is 22.9 Å². The molecule has 3 N–H and O–H groups in total. The molecule has 7 nitrogen and oxygen atoms in total.